The van der Waals surface area contributed by atoms with Gasteiger partial charge in [0.05, 0.1) is 13.5 Å². The number of aryl methyl sites for hydroxylation is 2. The lowest BCUT2D eigenvalue weighted by Crippen LogP contribution is -2.29. The molecule has 0 aliphatic rings. The van der Waals surface area contributed by atoms with Gasteiger partial charge >= 0.3 is 0 Å². The Morgan fingerprint density at radius 1 is 1.36 bits per heavy atom. The fourth-order valence-corrected chi connectivity index (χ4v) is 2.02. The number of methoxy groups -OCH3 is 1. The Balaban J connectivity index is 1.97. The Kier molecular flexibility index (Phi) is 4.88. The third-order valence-corrected chi connectivity index (χ3v) is 3.17. The van der Waals surface area contributed by atoms with Gasteiger partial charge in [-0.1, -0.05) is 6.07 Å². The first-order valence-corrected chi connectivity index (χ1v) is 6.81. The smallest absolute Gasteiger partial charge is 0.254 e. The first-order chi connectivity index (χ1) is 10.5. The number of H-pyrrole nitrogens is 1. The number of hydrogen-bond donors (Lipinski definition) is 2. The molecular formula is C15H18N4O3. The molecular weight excluding hydrogens is 284 g/mol. The van der Waals surface area contributed by atoms with Gasteiger partial charge < -0.3 is 15.0 Å². The molecule has 0 aliphatic heterocycles. The number of pyridine rings is 1. The van der Waals surface area contributed by atoms with Gasteiger partial charge in [0, 0.05) is 30.1 Å². The van der Waals surface area contributed by atoms with Gasteiger partial charge in [-0.25, -0.2) is 9.97 Å². The number of rotatable bonds is 5. The summed E-state index contributed by atoms with van der Waals surface area (Å²) in [5.41, 5.74) is 1.53. The lowest BCUT2D eigenvalue weighted by molar-refractivity contribution is -0.120. The van der Waals surface area contributed by atoms with Gasteiger partial charge in [-0.05, 0) is 19.4 Å². The number of carbonyl (C=O) groups is 1. The SMILES string of the molecule is COc1ccc(CNC(=O)Cc2c(C)nc(C)[nH]c2=O)cn1. The van der Waals surface area contributed by atoms with Crippen molar-refractivity contribution in [1.29, 1.82) is 0 Å². The monoisotopic (exact) mass is 302 g/mol. The van der Waals surface area contributed by atoms with Crippen molar-refractivity contribution < 1.29 is 9.53 Å². The summed E-state index contributed by atoms with van der Waals surface area (Å²) >= 11 is 0. The van der Waals surface area contributed by atoms with E-state index in [9.17, 15) is 9.59 Å². The molecule has 0 saturated carbocycles. The van der Waals surface area contributed by atoms with E-state index in [0.717, 1.165) is 5.56 Å². The highest BCUT2D eigenvalue weighted by atomic mass is 16.5. The number of aromatic nitrogens is 3. The minimum atomic E-state index is -0.272. The maximum absolute atomic E-state index is 12.0. The van der Waals surface area contributed by atoms with Crippen molar-refractivity contribution in [1.82, 2.24) is 20.3 Å². The molecule has 2 rings (SSSR count). The Hall–Kier alpha value is -2.70. The van der Waals surface area contributed by atoms with E-state index < -0.39 is 0 Å². The first kappa shape index (κ1) is 15.7. The van der Waals surface area contributed by atoms with Crippen LogP contribution in [0.5, 0.6) is 5.88 Å². The van der Waals surface area contributed by atoms with Crippen LogP contribution in [0.3, 0.4) is 0 Å². The van der Waals surface area contributed by atoms with Gasteiger partial charge in [-0.15, -0.1) is 0 Å². The van der Waals surface area contributed by atoms with Crippen LogP contribution in [-0.4, -0.2) is 28.0 Å². The predicted molar refractivity (Wildman–Crippen MR) is 80.7 cm³/mol. The van der Waals surface area contributed by atoms with Crippen LogP contribution >= 0.6 is 0 Å². The number of nitrogens with one attached hydrogen (secondary N) is 2. The van der Waals surface area contributed by atoms with Crippen molar-refractivity contribution in [2.24, 2.45) is 0 Å². The highest BCUT2D eigenvalue weighted by Gasteiger charge is 2.11. The first-order valence-electron chi connectivity index (χ1n) is 6.81. The molecule has 116 valence electrons. The number of ether oxygens (including phenoxy) is 1. The fourth-order valence-electron chi connectivity index (χ4n) is 2.02. The molecule has 0 bridgehead atoms. The number of carbonyl (C=O) groups excluding carboxylic acids is 1. The minimum absolute atomic E-state index is 0.00195. The third-order valence-electron chi connectivity index (χ3n) is 3.17. The molecule has 0 aromatic carbocycles. The van der Waals surface area contributed by atoms with Crippen LogP contribution < -0.4 is 15.6 Å². The lowest BCUT2D eigenvalue weighted by Gasteiger charge is -2.07. The molecule has 2 heterocycles. The number of amides is 1. The second kappa shape index (κ2) is 6.84. The maximum Gasteiger partial charge on any atom is 0.254 e. The maximum atomic E-state index is 12.0. The van der Waals surface area contributed by atoms with Crippen molar-refractivity contribution in [2.45, 2.75) is 26.8 Å². The Morgan fingerprint density at radius 2 is 2.14 bits per heavy atom. The second-order valence-electron chi connectivity index (χ2n) is 4.88. The molecule has 0 fully saturated rings. The minimum Gasteiger partial charge on any atom is -0.481 e. The summed E-state index contributed by atoms with van der Waals surface area (Å²) in [6, 6.07) is 3.54. The van der Waals surface area contributed by atoms with Crippen LogP contribution in [0.2, 0.25) is 0 Å². The van der Waals surface area contributed by atoms with Gasteiger partial charge in [0.1, 0.15) is 5.82 Å². The van der Waals surface area contributed by atoms with Crippen molar-refractivity contribution in [2.75, 3.05) is 7.11 Å². The van der Waals surface area contributed by atoms with Crippen LogP contribution in [0.1, 0.15) is 22.6 Å². The molecule has 0 radical (unpaired) electrons. The highest BCUT2D eigenvalue weighted by molar-refractivity contribution is 5.78. The molecule has 7 heteroatoms. The molecule has 22 heavy (non-hydrogen) atoms. The predicted octanol–water partition coefficient (Wildman–Crippen LogP) is 0.649. The van der Waals surface area contributed by atoms with E-state index >= 15 is 0 Å². The zero-order valence-corrected chi connectivity index (χ0v) is 12.8. The zero-order valence-electron chi connectivity index (χ0n) is 12.8. The van der Waals surface area contributed by atoms with Gasteiger partial charge in [0.25, 0.3) is 5.56 Å². The van der Waals surface area contributed by atoms with E-state index in [-0.39, 0.29) is 17.9 Å². The summed E-state index contributed by atoms with van der Waals surface area (Å²) in [6.45, 7) is 3.76. The number of aromatic amines is 1. The van der Waals surface area contributed by atoms with Crippen molar-refractivity contribution in [3.8, 4) is 5.88 Å². The van der Waals surface area contributed by atoms with Crippen LogP contribution in [0.15, 0.2) is 23.1 Å². The Labute approximate surface area is 127 Å². The summed E-state index contributed by atoms with van der Waals surface area (Å²) in [4.78, 5) is 34.6. The molecule has 1 amide bonds. The van der Waals surface area contributed by atoms with E-state index in [2.05, 4.69) is 20.3 Å². The summed E-state index contributed by atoms with van der Waals surface area (Å²) in [5, 5.41) is 2.75. The molecule has 0 spiro atoms. The third kappa shape index (κ3) is 3.91. The molecule has 0 atom stereocenters. The average Bonchev–Trinajstić information content (AvgIpc) is 2.49. The van der Waals surface area contributed by atoms with E-state index in [0.29, 0.717) is 29.5 Å². The molecule has 0 unspecified atom stereocenters. The molecule has 0 aliphatic carbocycles. The Morgan fingerprint density at radius 3 is 2.73 bits per heavy atom. The van der Waals surface area contributed by atoms with Gasteiger partial charge in [0.2, 0.25) is 11.8 Å². The summed E-state index contributed by atoms with van der Waals surface area (Å²) in [7, 11) is 1.54. The summed E-state index contributed by atoms with van der Waals surface area (Å²) in [6.07, 6.45) is 1.63. The van der Waals surface area contributed by atoms with Crippen LogP contribution in [0, 0.1) is 13.8 Å². The van der Waals surface area contributed by atoms with E-state index in [1.165, 1.54) is 0 Å². The van der Waals surface area contributed by atoms with Gasteiger partial charge in [-0.2, -0.15) is 0 Å². The number of hydrogen-bond acceptors (Lipinski definition) is 5. The summed E-state index contributed by atoms with van der Waals surface area (Å²) < 4.78 is 4.97. The van der Waals surface area contributed by atoms with Crippen molar-refractivity contribution >= 4 is 5.91 Å². The standard InChI is InChI=1S/C15H18N4O3/c1-9-12(15(21)19-10(2)18-9)6-13(20)16-7-11-4-5-14(22-3)17-8-11/h4-5,8H,6-7H2,1-3H3,(H,16,20)(H,18,19,21). The lowest BCUT2D eigenvalue weighted by atomic mass is 10.1. The Bertz CT molecular complexity index is 723. The van der Waals surface area contributed by atoms with Gasteiger partial charge in [-0.3, -0.25) is 9.59 Å². The zero-order chi connectivity index (χ0) is 16.1. The topological polar surface area (TPSA) is 97.0 Å². The number of nitrogens with zero attached hydrogens (tertiary/aromatic N) is 2. The van der Waals surface area contributed by atoms with Crippen LogP contribution in [0.25, 0.3) is 0 Å². The largest absolute Gasteiger partial charge is 0.481 e. The van der Waals surface area contributed by atoms with Crippen molar-refractivity contribution in [3.63, 3.8) is 0 Å². The van der Waals surface area contributed by atoms with E-state index in [4.69, 9.17) is 4.74 Å². The van der Waals surface area contributed by atoms with E-state index in [1.807, 2.05) is 6.07 Å². The second-order valence-corrected chi connectivity index (χ2v) is 4.88. The van der Waals surface area contributed by atoms with Crippen molar-refractivity contribution in [3.05, 3.63) is 51.3 Å². The van der Waals surface area contributed by atoms with Crippen LogP contribution in [0.4, 0.5) is 0 Å². The van der Waals surface area contributed by atoms with Crippen LogP contribution in [-0.2, 0) is 17.8 Å². The van der Waals surface area contributed by atoms with E-state index in [1.54, 1.807) is 33.2 Å². The summed E-state index contributed by atoms with van der Waals surface area (Å²) in [5.74, 6) is 0.814. The average molecular weight is 302 g/mol. The normalized spacial score (nSPS) is 10.3. The molecule has 2 N–H and O–H groups in total. The molecule has 7 nitrogen and oxygen atoms in total. The molecule has 0 saturated heterocycles. The fraction of sp³-hybridized carbons (Fsp3) is 0.333. The van der Waals surface area contributed by atoms with Gasteiger partial charge in [0.15, 0.2) is 0 Å². The highest BCUT2D eigenvalue weighted by Crippen LogP contribution is 2.06. The molecule has 2 aromatic rings. The quantitative estimate of drug-likeness (QED) is 0.845. The molecule has 2 aromatic heterocycles.